The Labute approximate surface area is 129 Å². The second-order valence-electron chi connectivity index (χ2n) is 5.96. The lowest BCUT2D eigenvalue weighted by Crippen LogP contribution is -2.63. The Morgan fingerprint density at radius 3 is 2.73 bits per heavy atom. The summed E-state index contributed by atoms with van der Waals surface area (Å²) in [5.41, 5.74) is 0.214. The summed E-state index contributed by atoms with van der Waals surface area (Å²) in [5.74, 6) is -0.0165. The number of amides is 2. The normalized spacial score (nSPS) is 24.6. The molecule has 0 unspecified atom stereocenters. The Bertz CT molecular complexity index is 569. The first-order chi connectivity index (χ1) is 10.5. The van der Waals surface area contributed by atoms with Crippen molar-refractivity contribution in [3.05, 3.63) is 24.0 Å². The van der Waals surface area contributed by atoms with Crippen LogP contribution in [-0.4, -0.2) is 70.2 Å². The SMILES string of the molecule is C[C@H]1N(C)C(=O)COC12CCN(C(=O)c1ccnnc1)CC2. The Balaban J connectivity index is 1.68. The highest BCUT2D eigenvalue weighted by Crippen LogP contribution is 2.35. The number of carbonyl (C=O) groups excluding carboxylic acids is 2. The highest BCUT2D eigenvalue weighted by Gasteiger charge is 2.47. The van der Waals surface area contributed by atoms with Crippen LogP contribution in [0.25, 0.3) is 0 Å². The zero-order chi connectivity index (χ0) is 15.7. The van der Waals surface area contributed by atoms with E-state index in [1.807, 2.05) is 18.9 Å². The van der Waals surface area contributed by atoms with Gasteiger partial charge in [0.15, 0.2) is 0 Å². The lowest BCUT2D eigenvalue weighted by atomic mass is 9.82. The molecule has 1 spiro atoms. The molecule has 2 fully saturated rings. The molecule has 3 heterocycles. The number of ether oxygens (including phenoxy) is 1. The molecule has 0 saturated carbocycles. The van der Waals surface area contributed by atoms with Crippen molar-refractivity contribution >= 4 is 11.8 Å². The van der Waals surface area contributed by atoms with Crippen LogP contribution in [-0.2, 0) is 9.53 Å². The van der Waals surface area contributed by atoms with Crippen LogP contribution >= 0.6 is 0 Å². The molecule has 1 atom stereocenters. The number of likely N-dealkylation sites (N-methyl/N-ethyl adjacent to an activating group) is 1. The molecule has 0 aliphatic carbocycles. The third-order valence-electron chi connectivity index (χ3n) is 4.95. The first-order valence-electron chi connectivity index (χ1n) is 7.49. The first-order valence-corrected chi connectivity index (χ1v) is 7.49. The Morgan fingerprint density at radius 1 is 1.36 bits per heavy atom. The van der Waals surface area contributed by atoms with E-state index < -0.39 is 0 Å². The van der Waals surface area contributed by atoms with Gasteiger partial charge in [0.05, 0.1) is 29.6 Å². The van der Waals surface area contributed by atoms with Crippen molar-refractivity contribution in [3.8, 4) is 0 Å². The molecule has 7 heteroatoms. The Kier molecular flexibility index (Phi) is 3.82. The van der Waals surface area contributed by atoms with Gasteiger partial charge < -0.3 is 14.5 Å². The topological polar surface area (TPSA) is 75.6 Å². The third kappa shape index (κ3) is 2.45. The fraction of sp³-hybridized carbons (Fsp3) is 0.600. The second kappa shape index (κ2) is 5.64. The summed E-state index contributed by atoms with van der Waals surface area (Å²) in [7, 11) is 1.82. The molecule has 1 aromatic heterocycles. The molecule has 118 valence electrons. The molecule has 7 nitrogen and oxygen atoms in total. The van der Waals surface area contributed by atoms with Gasteiger partial charge in [0, 0.05) is 20.1 Å². The summed E-state index contributed by atoms with van der Waals surface area (Å²) in [6, 6.07) is 1.69. The summed E-state index contributed by atoms with van der Waals surface area (Å²) in [6.45, 7) is 3.38. The monoisotopic (exact) mass is 304 g/mol. The second-order valence-corrected chi connectivity index (χ2v) is 5.96. The summed E-state index contributed by atoms with van der Waals surface area (Å²) in [6.07, 6.45) is 4.47. The van der Waals surface area contributed by atoms with Crippen molar-refractivity contribution in [3.63, 3.8) is 0 Å². The van der Waals surface area contributed by atoms with Crippen LogP contribution in [0.15, 0.2) is 18.5 Å². The van der Waals surface area contributed by atoms with Crippen LogP contribution in [0.5, 0.6) is 0 Å². The maximum atomic E-state index is 12.4. The standard InChI is InChI=1S/C15H20N4O3/c1-11-15(22-10-13(20)18(11)2)4-7-19(8-5-15)14(21)12-3-6-16-17-9-12/h3,6,9,11H,4-5,7-8,10H2,1-2H3/t11-/m1/s1. The van der Waals surface area contributed by atoms with Gasteiger partial charge in [0.1, 0.15) is 6.61 Å². The molecule has 1 aromatic rings. The van der Waals surface area contributed by atoms with Crippen molar-refractivity contribution in [1.29, 1.82) is 0 Å². The Morgan fingerprint density at radius 2 is 2.09 bits per heavy atom. The number of likely N-dealkylation sites (tertiary alicyclic amines) is 1. The molecule has 0 aromatic carbocycles. The number of piperidine rings is 1. The first kappa shape index (κ1) is 14.9. The van der Waals surface area contributed by atoms with E-state index in [0.717, 1.165) is 12.8 Å². The zero-order valence-corrected chi connectivity index (χ0v) is 12.9. The van der Waals surface area contributed by atoms with Crippen LogP contribution in [0.3, 0.4) is 0 Å². The molecule has 3 rings (SSSR count). The third-order valence-corrected chi connectivity index (χ3v) is 4.95. The number of rotatable bonds is 1. The van der Waals surface area contributed by atoms with Crippen LogP contribution in [0.2, 0.25) is 0 Å². The predicted molar refractivity (Wildman–Crippen MR) is 78.1 cm³/mol. The lowest BCUT2D eigenvalue weighted by Gasteiger charge is -2.50. The molecule has 0 N–H and O–H groups in total. The maximum Gasteiger partial charge on any atom is 0.255 e. The van der Waals surface area contributed by atoms with Crippen LogP contribution < -0.4 is 0 Å². The number of hydrogen-bond donors (Lipinski definition) is 0. The fourth-order valence-electron chi connectivity index (χ4n) is 3.25. The van der Waals surface area contributed by atoms with E-state index in [0.29, 0.717) is 18.7 Å². The summed E-state index contributed by atoms with van der Waals surface area (Å²) >= 11 is 0. The average Bonchev–Trinajstić information content (AvgIpc) is 2.57. The van der Waals surface area contributed by atoms with Crippen molar-refractivity contribution in [2.24, 2.45) is 0 Å². The van der Waals surface area contributed by atoms with Crippen molar-refractivity contribution in [2.45, 2.75) is 31.4 Å². The smallest absolute Gasteiger partial charge is 0.255 e. The van der Waals surface area contributed by atoms with Crippen LogP contribution in [0.4, 0.5) is 0 Å². The summed E-state index contributed by atoms with van der Waals surface area (Å²) < 4.78 is 5.88. The molecule has 2 saturated heterocycles. The molecular formula is C15H20N4O3. The van der Waals surface area contributed by atoms with Crippen molar-refractivity contribution < 1.29 is 14.3 Å². The van der Waals surface area contributed by atoms with E-state index in [4.69, 9.17) is 4.74 Å². The summed E-state index contributed by atoms with van der Waals surface area (Å²) in [4.78, 5) is 27.7. The lowest BCUT2D eigenvalue weighted by molar-refractivity contribution is -0.181. The van der Waals surface area contributed by atoms with Crippen LogP contribution in [0, 0.1) is 0 Å². The van der Waals surface area contributed by atoms with Gasteiger partial charge >= 0.3 is 0 Å². The molecular weight excluding hydrogens is 284 g/mol. The van der Waals surface area contributed by atoms with E-state index in [1.54, 1.807) is 11.0 Å². The van der Waals surface area contributed by atoms with Crippen molar-refractivity contribution in [2.75, 3.05) is 26.7 Å². The predicted octanol–water partition coefficient (Wildman–Crippen LogP) is 0.328. The molecule has 0 radical (unpaired) electrons. The molecule has 0 bridgehead atoms. The molecule has 2 aliphatic heterocycles. The van der Waals surface area contributed by atoms with Gasteiger partial charge in [-0.1, -0.05) is 0 Å². The average molecular weight is 304 g/mol. The fourth-order valence-corrected chi connectivity index (χ4v) is 3.25. The minimum atomic E-state index is -0.337. The maximum absolute atomic E-state index is 12.4. The molecule has 2 amide bonds. The van der Waals surface area contributed by atoms with Crippen LogP contribution in [0.1, 0.15) is 30.1 Å². The number of hydrogen-bond acceptors (Lipinski definition) is 5. The Hall–Kier alpha value is -2.02. The van der Waals surface area contributed by atoms with Crippen molar-refractivity contribution in [1.82, 2.24) is 20.0 Å². The molecule has 2 aliphatic rings. The number of carbonyl (C=O) groups is 2. The van der Waals surface area contributed by atoms with E-state index in [2.05, 4.69) is 10.2 Å². The van der Waals surface area contributed by atoms with Gasteiger partial charge in [-0.3, -0.25) is 9.59 Å². The number of nitrogens with zero attached hydrogens (tertiary/aromatic N) is 4. The minimum Gasteiger partial charge on any atom is -0.363 e. The van der Waals surface area contributed by atoms with Gasteiger partial charge in [0.2, 0.25) is 5.91 Å². The largest absolute Gasteiger partial charge is 0.363 e. The van der Waals surface area contributed by atoms with Gasteiger partial charge in [-0.2, -0.15) is 10.2 Å². The van der Waals surface area contributed by atoms with E-state index in [1.165, 1.54) is 12.4 Å². The highest BCUT2D eigenvalue weighted by molar-refractivity contribution is 5.93. The van der Waals surface area contributed by atoms with Gasteiger partial charge in [-0.25, -0.2) is 0 Å². The van der Waals surface area contributed by atoms with E-state index in [-0.39, 0.29) is 30.1 Å². The van der Waals surface area contributed by atoms with Gasteiger partial charge in [0.25, 0.3) is 5.91 Å². The van der Waals surface area contributed by atoms with E-state index >= 15 is 0 Å². The number of aromatic nitrogens is 2. The molecule has 22 heavy (non-hydrogen) atoms. The van der Waals surface area contributed by atoms with E-state index in [9.17, 15) is 9.59 Å². The number of morpholine rings is 1. The zero-order valence-electron chi connectivity index (χ0n) is 12.9. The van der Waals surface area contributed by atoms with Gasteiger partial charge in [-0.15, -0.1) is 0 Å². The highest BCUT2D eigenvalue weighted by atomic mass is 16.5. The minimum absolute atomic E-state index is 0.0134. The van der Waals surface area contributed by atoms with Gasteiger partial charge in [-0.05, 0) is 25.8 Å². The quantitative estimate of drug-likeness (QED) is 0.747. The summed E-state index contributed by atoms with van der Waals surface area (Å²) in [5, 5.41) is 7.44.